The Balaban J connectivity index is 5.71. The van der Waals surface area contributed by atoms with Gasteiger partial charge in [0.1, 0.15) is 0 Å². The molecule has 6 N–H and O–H groups in total. The van der Waals surface area contributed by atoms with E-state index < -0.39 is 35.7 Å². The molecule has 0 saturated heterocycles. The molecule has 0 amide bonds. The van der Waals surface area contributed by atoms with E-state index in [9.17, 15) is 14.4 Å². The summed E-state index contributed by atoms with van der Waals surface area (Å²) in [6.45, 7) is 0. The number of carboxylic acids is 3. The lowest BCUT2D eigenvalue weighted by Crippen LogP contribution is -2.29. The lowest BCUT2D eigenvalue weighted by molar-refractivity contribution is -0.315. The highest BCUT2D eigenvalue weighted by Gasteiger charge is 2.28. The average molecular weight is 316 g/mol. The SMILES string of the molecule is O=C(O)C=CC(C=CC(=O)O)(C=CC(=O)O)CCC(O)(O)O. The summed E-state index contributed by atoms with van der Waals surface area (Å²) in [6, 6.07) is 0. The fourth-order valence-corrected chi connectivity index (χ4v) is 1.48. The molecule has 0 heterocycles. The first-order chi connectivity index (χ1) is 9.96. The van der Waals surface area contributed by atoms with Gasteiger partial charge in [-0.15, -0.1) is 0 Å². The summed E-state index contributed by atoms with van der Waals surface area (Å²) in [5.74, 6) is -7.20. The highest BCUT2D eigenvalue weighted by Crippen LogP contribution is 2.32. The van der Waals surface area contributed by atoms with Crippen LogP contribution in [-0.4, -0.2) is 54.5 Å². The van der Waals surface area contributed by atoms with Crippen molar-refractivity contribution in [2.45, 2.75) is 18.8 Å². The molecule has 0 aliphatic heterocycles. The van der Waals surface area contributed by atoms with Crippen molar-refractivity contribution in [2.24, 2.45) is 5.41 Å². The van der Waals surface area contributed by atoms with Crippen LogP contribution >= 0.6 is 0 Å². The van der Waals surface area contributed by atoms with Gasteiger partial charge in [-0.2, -0.15) is 0 Å². The second-order valence-electron chi connectivity index (χ2n) is 4.40. The molecule has 9 nitrogen and oxygen atoms in total. The van der Waals surface area contributed by atoms with Gasteiger partial charge in [-0.1, -0.05) is 18.2 Å². The first-order valence-corrected chi connectivity index (χ1v) is 5.89. The lowest BCUT2D eigenvalue weighted by Gasteiger charge is -2.25. The van der Waals surface area contributed by atoms with Crippen molar-refractivity contribution in [1.29, 1.82) is 0 Å². The molecule has 0 aromatic rings. The normalized spacial score (nSPS) is 15.4. The van der Waals surface area contributed by atoms with Crippen LogP contribution in [0.25, 0.3) is 0 Å². The Morgan fingerprint density at radius 3 is 1.23 bits per heavy atom. The van der Waals surface area contributed by atoms with Gasteiger partial charge < -0.3 is 30.6 Å². The molecular weight excluding hydrogens is 300 g/mol. The minimum absolute atomic E-state index is 0.367. The van der Waals surface area contributed by atoms with Gasteiger partial charge in [0.2, 0.25) is 0 Å². The molecule has 0 aliphatic rings. The van der Waals surface area contributed by atoms with Crippen LogP contribution in [0, 0.1) is 5.41 Å². The van der Waals surface area contributed by atoms with Gasteiger partial charge >= 0.3 is 17.9 Å². The third-order valence-corrected chi connectivity index (χ3v) is 2.50. The van der Waals surface area contributed by atoms with Gasteiger partial charge in [0.25, 0.3) is 5.97 Å². The first kappa shape index (κ1) is 19.5. The maximum absolute atomic E-state index is 10.6. The molecule has 0 saturated carbocycles. The van der Waals surface area contributed by atoms with Crippen molar-refractivity contribution in [3.63, 3.8) is 0 Å². The van der Waals surface area contributed by atoms with Gasteiger partial charge in [-0.3, -0.25) is 0 Å². The third-order valence-electron chi connectivity index (χ3n) is 2.50. The van der Waals surface area contributed by atoms with Crippen LogP contribution < -0.4 is 0 Å². The molecule has 0 radical (unpaired) electrons. The zero-order valence-electron chi connectivity index (χ0n) is 11.3. The molecule has 0 bridgehead atoms. The Labute approximate surface area is 124 Å². The molecule has 0 rings (SSSR count). The first-order valence-electron chi connectivity index (χ1n) is 5.89. The smallest absolute Gasteiger partial charge is 0.328 e. The molecule has 0 aromatic carbocycles. The highest BCUT2D eigenvalue weighted by molar-refractivity contribution is 5.82. The van der Waals surface area contributed by atoms with Crippen LogP contribution in [0.1, 0.15) is 12.8 Å². The van der Waals surface area contributed by atoms with Gasteiger partial charge in [-0.25, -0.2) is 14.4 Å². The van der Waals surface area contributed by atoms with E-state index in [1.165, 1.54) is 0 Å². The van der Waals surface area contributed by atoms with E-state index in [0.29, 0.717) is 18.2 Å². The fourth-order valence-electron chi connectivity index (χ4n) is 1.48. The second-order valence-corrected chi connectivity index (χ2v) is 4.40. The molecule has 22 heavy (non-hydrogen) atoms. The van der Waals surface area contributed by atoms with Crippen molar-refractivity contribution >= 4 is 17.9 Å². The predicted octanol–water partition coefficient (Wildman–Crippen LogP) is -0.694. The standard InChI is InChI=1S/C13H16O9/c14-9(15)1-4-12(5-2-10(16)17,6-3-11(18)19)7-8-13(20,21)22/h1-6,20-22H,7-8H2,(H,14,15)(H,16,17)(H,18,19). The number of aliphatic hydroxyl groups is 3. The molecule has 9 heteroatoms. The van der Waals surface area contributed by atoms with Gasteiger partial charge in [0.05, 0.1) is 0 Å². The summed E-state index contributed by atoms with van der Waals surface area (Å²) >= 11 is 0. The maximum atomic E-state index is 10.6. The predicted molar refractivity (Wildman–Crippen MR) is 71.4 cm³/mol. The molecular formula is C13H16O9. The third kappa shape index (κ3) is 9.42. The lowest BCUT2D eigenvalue weighted by atomic mass is 9.81. The van der Waals surface area contributed by atoms with E-state index in [2.05, 4.69) is 0 Å². The zero-order valence-corrected chi connectivity index (χ0v) is 11.3. The summed E-state index contributed by atoms with van der Waals surface area (Å²) in [4.78, 5) is 31.8. The summed E-state index contributed by atoms with van der Waals surface area (Å²) in [6.07, 6.45) is 3.79. The van der Waals surface area contributed by atoms with Crippen LogP contribution in [0.15, 0.2) is 36.5 Å². The van der Waals surface area contributed by atoms with Crippen LogP contribution in [0.2, 0.25) is 0 Å². The van der Waals surface area contributed by atoms with E-state index in [4.69, 9.17) is 30.6 Å². The monoisotopic (exact) mass is 316 g/mol. The van der Waals surface area contributed by atoms with Gasteiger partial charge in [0, 0.05) is 30.1 Å². The summed E-state index contributed by atoms with van der Waals surface area (Å²) < 4.78 is 0. The Hall–Kier alpha value is -2.49. The number of rotatable bonds is 9. The van der Waals surface area contributed by atoms with Gasteiger partial charge in [0.15, 0.2) is 0 Å². The number of allylic oxidation sites excluding steroid dienone is 3. The Morgan fingerprint density at radius 2 is 1.00 bits per heavy atom. The largest absolute Gasteiger partial charge is 0.478 e. The molecule has 0 atom stereocenters. The van der Waals surface area contributed by atoms with E-state index in [1.807, 2.05) is 0 Å². The summed E-state index contributed by atoms with van der Waals surface area (Å²) in [5.41, 5.74) is -1.56. The molecule has 0 aromatic heterocycles. The van der Waals surface area contributed by atoms with Crippen molar-refractivity contribution in [3.8, 4) is 0 Å². The second kappa shape index (κ2) is 8.08. The zero-order chi connectivity index (χ0) is 17.4. The fraction of sp³-hybridized carbons (Fsp3) is 0.308. The average Bonchev–Trinajstić information content (AvgIpc) is 2.35. The van der Waals surface area contributed by atoms with Crippen LogP contribution in [0.4, 0.5) is 0 Å². The number of carboxylic acid groups (broad SMARTS) is 3. The van der Waals surface area contributed by atoms with Gasteiger partial charge in [-0.05, 0) is 6.42 Å². The quantitative estimate of drug-likeness (QED) is 0.237. The van der Waals surface area contributed by atoms with Crippen LogP contribution in [-0.2, 0) is 14.4 Å². The number of hydrogen-bond acceptors (Lipinski definition) is 6. The summed E-state index contributed by atoms with van der Waals surface area (Å²) in [5, 5.41) is 52.6. The topological polar surface area (TPSA) is 173 Å². The van der Waals surface area contributed by atoms with E-state index in [0.717, 1.165) is 18.2 Å². The molecule has 0 aliphatic carbocycles. The minimum atomic E-state index is -3.07. The summed E-state index contributed by atoms with van der Waals surface area (Å²) in [7, 11) is 0. The number of aliphatic carboxylic acids is 3. The van der Waals surface area contributed by atoms with Crippen LogP contribution in [0.3, 0.4) is 0 Å². The van der Waals surface area contributed by atoms with E-state index >= 15 is 0 Å². The molecule has 0 fully saturated rings. The van der Waals surface area contributed by atoms with Crippen molar-refractivity contribution in [2.75, 3.05) is 0 Å². The van der Waals surface area contributed by atoms with Crippen molar-refractivity contribution in [3.05, 3.63) is 36.5 Å². The van der Waals surface area contributed by atoms with E-state index in [1.54, 1.807) is 0 Å². The Bertz CT molecular complexity index is 448. The minimum Gasteiger partial charge on any atom is -0.478 e. The van der Waals surface area contributed by atoms with E-state index in [-0.39, 0.29) is 6.42 Å². The van der Waals surface area contributed by atoms with Crippen molar-refractivity contribution < 1.29 is 45.0 Å². The molecule has 0 unspecified atom stereocenters. The Morgan fingerprint density at radius 1 is 0.682 bits per heavy atom. The highest BCUT2D eigenvalue weighted by atomic mass is 16.7. The molecule has 122 valence electrons. The maximum Gasteiger partial charge on any atom is 0.328 e. The Kier molecular flexibility index (Phi) is 7.16. The molecule has 0 spiro atoms. The van der Waals surface area contributed by atoms with Crippen LogP contribution in [0.5, 0.6) is 0 Å². The number of hydrogen-bond donors (Lipinski definition) is 6. The van der Waals surface area contributed by atoms with Crippen molar-refractivity contribution in [1.82, 2.24) is 0 Å². The number of carbonyl (C=O) groups is 3.